The smallest absolute Gasteiger partial charge is 0.258 e. The second kappa shape index (κ2) is 8.18. The second-order valence-electron chi connectivity index (χ2n) is 9.47. The number of halogens is 1. The van der Waals surface area contributed by atoms with Crippen LogP contribution in [0.2, 0.25) is 0 Å². The molecule has 3 aromatic carbocycles. The Morgan fingerprint density at radius 3 is 2.44 bits per heavy atom. The van der Waals surface area contributed by atoms with Crippen LogP contribution in [0.4, 0.5) is 10.1 Å². The highest BCUT2D eigenvalue weighted by atomic mass is 19.1. The summed E-state index contributed by atoms with van der Waals surface area (Å²) in [7, 11) is 0. The van der Waals surface area contributed by atoms with E-state index in [9.17, 15) is 9.18 Å². The lowest BCUT2D eigenvalue weighted by atomic mass is 9.74. The van der Waals surface area contributed by atoms with Crippen molar-refractivity contribution in [1.29, 1.82) is 0 Å². The summed E-state index contributed by atoms with van der Waals surface area (Å²) in [5.41, 5.74) is 6.49. The predicted octanol–water partition coefficient (Wildman–Crippen LogP) is 5.64. The zero-order valence-corrected chi connectivity index (χ0v) is 18.8. The van der Waals surface area contributed by atoms with Gasteiger partial charge in [-0.05, 0) is 75.2 Å². The number of amides is 1. The molecule has 0 radical (unpaired) electrons. The lowest BCUT2D eigenvalue weighted by molar-refractivity contribution is 0.0975. The van der Waals surface area contributed by atoms with Crippen molar-refractivity contribution >= 4 is 11.6 Å². The third kappa shape index (κ3) is 3.84. The van der Waals surface area contributed by atoms with Crippen LogP contribution in [-0.2, 0) is 12.0 Å². The van der Waals surface area contributed by atoms with Gasteiger partial charge in [-0.2, -0.15) is 0 Å². The Bertz CT molecular complexity index is 1160. The predicted molar refractivity (Wildman–Crippen MR) is 127 cm³/mol. The first-order valence-electron chi connectivity index (χ1n) is 11.4. The minimum absolute atomic E-state index is 0.0343. The molecule has 0 atom stereocenters. The highest BCUT2D eigenvalue weighted by Crippen LogP contribution is 2.48. The standard InChI is InChI=1S/C28H29FN2O/c1-20-5-3-6-22(15-20)18-30-13-11-28(12-14-30)19-31(26-10-9-21(2)16-25(26)28)27(32)23-7-4-8-24(29)17-23/h3-10,15-17H,11-14,18-19H2,1-2H3. The maximum atomic E-state index is 13.8. The van der Waals surface area contributed by atoms with E-state index in [1.165, 1.54) is 34.4 Å². The Balaban J connectivity index is 1.39. The molecule has 0 aliphatic carbocycles. The van der Waals surface area contributed by atoms with Gasteiger partial charge in [-0.3, -0.25) is 9.69 Å². The monoisotopic (exact) mass is 428 g/mol. The summed E-state index contributed by atoms with van der Waals surface area (Å²) in [6, 6.07) is 21.1. The first-order valence-corrected chi connectivity index (χ1v) is 11.4. The van der Waals surface area contributed by atoms with Crippen molar-refractivity contribution in [1.82, 2.24) is 4.90 Å². The van der Waals surface area contributed by atoms with Crippen LogP contribution >= 0.6 is 0 Å². The third-order valence-electron chi connectivity index (χ3n) is 7.09. The molecule has 1 fully saturated rings. The Morgan fingerprint density at radius 1 is 0.938 bits per heavy atom. The van der Waals surface area contributed by atoms with Gasteiger partial charge in [-0.15, -0.1) is 0 Å². The highest BCUT2D eigenvalue weighted by molar-refractivity contribution is 6.07. The number of fused-ring (bicyclic) bond motifs is 2. The van der Waals surface area contributed by atoms with E-state index in [-0.39, 0.29) is 17.1 Å². The van der Waals surface area contributed by atoms with Gasteiger partial charge in [0.05, 0.1) is 0 Å². The zero-order chi connectivity index (χ0) is 22.3. The van der Waals surface area contributed by atoms with E-state index in [1.807, 2.05) is 4.90 Å². The van der Waals surface area contributed by atoms with Crippen molar-refractivity contribution in [3.63, 3.8) is 0 Å². The van der Waals surface area contributed by atoms with E-state index in [2.05, 4.69) is 61.2 Å². The fourth-order valence-corrected chi connectivity index (χ4v) is 5.38. The number of carbonyl (C=O) groups excluding carboxylic acids is 1. The Labute approximate surface area is 189 Å². The minimum atomic E-state index is -0.377. The van der Waals surface area contributed by atoms with E-state index in [4.69, 9.17) is 0 Å². The number of aryl methyl sites for hydroxylation is 2. The van der Waals surface area contributed by atoms with E-state index >= 15 is 0 Å². The van der Waals surface area contributed by atoms with Crippen LogP contribution < -0.4 is 4.90 Å². The normalized spacial score (nSPS) is 17.5. The fraction of sp³-hybridized carbons (Fsp3) is 0.321. The number of benzene rings is 3. The number of hydrogen-bond donors (Lipinski definition) is 0. The number of piperidine rings is 1. The van der Waals surface area contributed by atoms with Crippen LogP contribution in [0.25, 0.3) is 0 Å². The van der Waals surface area contributed by atoms with Crippen LogP contribution in [0.1, 0.15) is 45.5 Å². The molecule has 5 rings (SSSR count). The molecule has 3 nitrogen and oxygen atoms in total. The SMILES string of the molecule is Cc1cccc(CN2CCC3(CC2)CN(C(=O)c2cccc(F)c2)c2ccc(C)cc23)c1. The summed E-state index contributed by atoms with van der Waals surface area (Å²) in [6.45, 7) is 7.88. The van der Waals surface area contributed by atoms with Crippen molar-refractivity contribution < 1.29 is 9.18 Å². The van der Waals surface area contributed by atoms with Crippen molar-refractivity contribution in [3.05, 3.63) is 100 Å². The number of nitrogens with zero attached hydrogens (tertiary/aromatic N) is 2. The van der Waals surface area contributed by atoms with Gasteiger partial charge in [0, 0.05) is 29.8 Å². The Kier molecular flexibility index (Phi) is 5.34. The van der Waals surface area contributed by atoms with Gasteiger partial charge in [-0.25, -0.2) is 4.39 Å². The van der Waals surface area contributed by atoms with Crippen molar-refractivity contribution in [2.45, 2.75) is 38.6 Å². The molecule has 0 bridgehead atoms. The van der Waals surface area contributed by atoms with Gasteiger partial charge in [0.15, 0.2) is 0 Å². The van der Waals surface area contributed by atoms with Crippen LogP contribution in [0, 0.1) is 19.7 Å². The van der Waals surface area contributed by atoms with Crippen molar-refractivity contribution in [3.8, 4) is 0 Å². The molecule has 4 heteroatoms. The molecule has 1 amide bonds. The highest BCUT2D eigenvalue weighted by Gasteiger charge is 2.46. The molecule has 3 aromatic rings. The second-order valence-corrected chi connectivity index (χ2v) is 9.47. The maximum Gasteiger partial charge on any atom is 0.258 e. The van der Waals surface area contributed by atoms with E-state index in [1.54, 1.807) is 12.1 Å². The molecular weight excluding hydrogens is 399 g/mol. The van der Waals surface area contributed by atoms with Gasteiger partial charge in [0.1, 0.15) is 5.82 Å². The number of carbonyl (C=O) groups is 1. The van der Waals surface area contributed by atoms with Crippen molar-refractivity contribution in [2.24, 2.45) is 0 Å². The Hall–Kier alpha value is -2.98. The molecule has 164 valence electrons. The van der Waals surface area contributed by atoms with Gasteiger partial charge in [-0.1, -0.05) is 53.6 Å². The molecular formula is C28H29FN2O. The van der Waals surface area contributed by atoms with Crippen LogP contribution in [0.15, 0.2) is 66.7 Å². The quantitative estimate of drug-likeness (QED) is 0.539. The van der Waals surface area contributed by atoms with E-state index in [0.717, 1.165) is 38.2 Å². The first kappa shape index (κ1) is 20.9. The van der Waals surface area contributed by atoms with Gasteiger partial charge < -0.3 is 4.90 Å². The summed E-state index contributed by atoms with van der Waals surface area (Å²) in [6.07, 6.45) is 2.03. The first-order chi connectivity index (χ1) is 15.4. The number of rotatable bonds is 3. The van der Waals surface area contributed by atoms with Crippen molar-refractivity contribution in [2.75, 3.05) is 24.5 Å². The molecule has 1 spiro atoms. The summed E-state index contributed by atoms with van der Waals surface area (Å²) >= 11 is 0. The summed E-state index contributed by atoms with van der Waals surface area (Å²) in [5, 5.41) is 0. The average molecular weight is 429 g/mol. The topological polar surface area (TPSA) is 23.6 Å². The fourth-order valence-electron chi connectivity index (χ4n) is 5.38. The van der Waals surface area contributed by atoms with Gasteiger partial charge in [0.25, 0.3) is 5.91 Å². The maximum absolute atomic E-state index is 13.8. The molecule has 32 heavy (non-hydrogen) atoms. The molecule has 0 saturated carbocycles. The van der Waals surface area contributed by atoms with Gasteiger partial charge >= 0.3 is 0 Å². The minimum Gasteiger partial charge on any atom is -0.307 e. The molecule has 2 heterocycles. The van der Waals surface area contributed by atoms with Crippen LogP contribution in [-0.4, -0.2) is 30.4 Å². The lowest BCUT2D eigenvalue weighted by Crippen LogP contribution is -2.45. The molecule has 1 saturated heterocycles. The summed E-state index contributed by atoms with van der Waals surface area (Å²) in [5.74, 6) is -0.494. The number of hydrogen-bond acceptors (Lipinski definition) is 2. The lowest BCUT2D eigenvalue weighted by Gasteiger charge is -2.40. The number of likely N-dealkylation sites (tertiary alicyclic amines) is 1. The largest absolute Gasteiger partial charge is 0.307 e. The molecule has 2 aliphatic rings. The summed E-state index contributed by atoms with van der Waals surface area (Å²) in [4.78, 5) is 17.8. The molecule has 0 unspecified atom stereocenters. The summed E-state index contributed by atoms with van der Waals surface area (Å²) < 4.78 is 13.8. The number of anilines is 1. The van der Waals surface area contributed by atoms with E-state index in [0.29, 0.717) is 12.1 Å². The van der Waals surface area contributed by atoms with Gasteiger partial charge in [0.2, 0.25) is 0 Å². The van der Waals surface area contributed by atoms with E-state index < -0.39 is 0 Å². The van der Waals surface area contributed by atoms with Crippen LogP contribution in [0.3, 0.4) is 0 Å². The molecule has 0 aromatic heterocycles. The average Bonchev–Trinajstić information content (AvgIpc) is 3.08. The third-order valence-corrected chi connectivity index (χ3v) is 7.09. The zero-order valence-electron chi connectivity index (χ0n) is 18.8. The molecule has 0 N–H and O–H groups in total. The van der Waals surface area contributed by atoms with Crippen LogP contribution in [0.5, 0.6) is 0 Å². The molecule has 2 aliphatic heterocycles. The Morgan fingerprint density at radius 2 is 1.69 bits per heavy atom.